The average molecular weight is 354 g/mol. The Kier molecular flexibility index (Phi) is 4.45. The first-order valence-corrected chi connectivity index (χ1v) is 9.82. The summed E-state index contributed by atoms with van der Waals surface area (Å²) in [7, 11) is 0. The maximum absolute atomic E-state index is 13.6. The lowest BCUT2D eigenvalue weighted by Gasteiger charge is -2.56. The van der Waals surface area contributed by atoms with Gasteiger partial charge in [0.2, 0.25) is 0 Å². The second kappa shape index (κ2) is 6.64. The van der Waals surface area contributed by atoms with Crippen LogP contribution in [0.15, 0.2) is 30.3 Å². The lowest BCUT2D eigenvalue weighted by Crippen LogP contribution is -2.54. The number of ether oxygens (including phenoxy) is 1. The van der Waals surface area contributed by atoms with Gasteiger partial charge in [0.05, 0.1) is 6.61 Å². The van der Waals surface area contributed by atoms with E-state index in [0.29, 0.717) is 23.3 Å². The molecule has 138 valence electrons. The highest BCUT2D eigenvalue weighted by Crippen LogP contribution is 2.61. The van der Waals surface area contributed by atoms with Crippen molar-refractivity contribution >= 4 is 17.5 Å². The van der Waals surface area contributed by atoms with E-state index in [1.54, 1.807) is 31.2 Å². The Balaban J connectivity index is 1.66. The van der Waals surface area contributed by atoms with Crippen LogP contribution in [0, 0.1) is 29.1 Å². The number of rotatable bonds is 6. The van der Waals surface area contributed by atoms with Gasteiger partial charge < -0.3 is 4.74 Å². The summed E-state index contributed by atoms with van der Waals surface area (Å²) in [4.78, 5) is 39.3. The van der Waals surface area contributed by atoms with Crippen LogP contribution in [0.5, 0.6) is 0 Å². The molecule has 0 N–H and O–H groups in total. The molecule has 1 unspecified atom stereocenters. The van der Waals surface area contributed by atoms with Gasteiger partial charge in [0.1, 0.15) is 0 Å². The standard InChI is InChI=1S/C22H26O4/c1-2-26-21(25)18(19(23)17-6-4-3-5-7-17)20(24)22-11-14-8-15(12-22)10-16(9-14)13-22/h3-7,14-16,18H,2,8-13H2,1H3. The highest BCUT2D eigenvalue weighted by Gasteiger charge is 2.57. The van der Waals surface area contributed by atoms with Crippen molar-refractivity contribution in [1.29, 1.82) is 0 Å². The van der Waals surface area contributed by atoms with Crippen molar-refractivity contribution in [3.63, 3.8) is 0 Å². The fourth-order valence-electron chi connectivity index (χ4n) is 6.05. The topological polar surface area (TPSA) is 60.4 Å². The zero-order valence-electron chi connectivity index (χ0n) is 15.3. The number of Topliss-reactive ketones (excluding diaryl/α,β-unsaturated/α-hetero) is 2. The minimum absolute atomic E-state index is 0.172. The van der Waals surface area contributed by atoms with Gasteiger partial charge >= 0.3 is 5.97 Å². The summed E-state index contributed by atoms with van der Waals surface area (Å²) < 4.78 is 5.15. The molecule has 1 aromatic carbocycles. The van der Waals surface area contributed by atoms with E-state index < -0.39 is 23.1 Å². The van der Waals surface area contributed by atoms with Gasteiger partial charge in [-0.1, -0.05) is 30.3 Å². The second-order valence-electron chi connectivity index (χ2n) is 8.48. The van der Waals surface area contributed by atoms with E-state index in [9.17, 15) is 14.4 Å². The molecule has 4 bridgehead atoms. The Morgan fingerprint density at radius 1 is 1.00 bits per heavy atom. The molecule has 0 saturated heterocycles. The van der Waals surface area contributed by atoms with E-state index in [4.69, 9.17) is 4.74 Å². The third-order valence-corrected chi connectivity index (χ3v) is 6.67. The van der Waals surface area contributed by atoms with Crippen LogP contribution < -0.4 is 0 Å². The second-order valence-corrected chi connectivity index (χ2v) is 8.48. The first kappa shape index (κ1) is 17.4. The molecule has 1 aromatic rings. The van der Waals surface area contributed by atoms with Gasteiger partial charge in [-0.3, -0.25) is 14.4 Å². The third-order valence-electron chi connectivity index (χ3n) is 6.67. The summed E-state index contributed by atoms with van der Waals surface area (Å²) in [6.07, 6.45) is 6.16. The summed E-state index contributed by atoms with van der Waals surface area (Å²) >= 11 is 0. The Morgan fingerprint density at radius 2 is 1.54 bits per heavy atom. The van der Waals surface area contributed by atoms with Crippen molar-refractivity contribution in [2.75, 3.05) is 6.61 Å². The van der Waals surface area contributed by atoms with Crippen molar-refractivity contribution in [1.82, 2.24) is 0 Å². The zero-order valence-corrected chi connectivity index (χ0v) is 15.3. The summed E-state index contributed by atoms with van der Waals surface area (Å²) in [5.41, 5.74) is -0.0833. The molecule has 0 amide bonds. The molecule has 0 spiro atoms. The molecule has 0 heterocycles. The van der Waals surface area contributed by atoms with Crippen LogP contribution in [0.2, 0.25) is 0 Å². The normalized spacial score (nSPS) is 32.9. The van der Waals surface area contributed by atoms with E-state index in [0.717, 1.165) is 19.3 Å². The summed E-state index contributed by atoms with van der Waals surface area (Å²) in [5, 5.41) is 0. The molecule has 0 radical (unpaired) electrons. The number of carbonyl (C=O) groups is 3. The highest BCUT2D eigenvalue weighted by molar-refractivity contribution is 6.23. The van der Waals surface area contributed by atoms with Crippen LogP contribution >= 0.6 is 0 Å². The average Bonchev–Trinajstić information content (AvgIpc) is 2.61. The molecule has 0 aromatic heterocycles. The molecule has 4 saturated carbocycles. The lowest BCUT2D eigenvalue weighted by molar-refractivity contribution is -0.158. The molecular formula is C22H26O4. The maximum atomic E-state index is 13.6. The molecule has 0 aliphatic heterocycles. The van der Waals surface area contributed by atoms with Crippen LogP contribution in [0.3, 0.4) is 0 Å². The monoisotopic (exact) mass is 354 g/mol. The number of hydrogen-bond acceptors (Lipinski definition) is 4. The van der Waals surface area contributed by atoms with Gasteiger partial charge in [-0.05, 0) is 63.2 Å². The first-order valence-electron chi connectivity index (χ1n) is 9.82. The van der Waals surface area contributed by atoms with Gasteiger partial charge in [-0.15, -0.1) is 0 Å². The van der Waals surface area contributed by atoms with Gasteiger partial charge in [0, 0.05) is 11.0 Å². The van der Waals surface area contributed by atoms with Crippen LogP contribution in [0.4, 0.5) is 0 Å². The number of hydrogen-bond donors (Lipinski definition) is 0. The van der Waals surface area contributed by atoms with Gasteiger partial charge in [-0.2, -0.15) is 0 Å². The number of carbonyl (C=O) groups excluding carboxylic acids is 3. The van der Waals surface area contributed by atoms with Gasteiger partial charge in [0.25, 0.3) is 0 Å². The molecule has 1 atom stereocenters. The molecule has 26 heavy (non-hydrogen) atoms. The molecule has 4 heteroatoms. The van der Waals surface area contributed by atoms with E-state index in [-0.39, 0.29) is 12.4 Å². The number of benzene rings is 1. The van der Waals surface area contributed by atoms with E-state index in [1.165, 1.54) is 19.3 Å². The SMILES string of the molecule is CCOC(=O)C(C(=O)c1ccccc1)C(=O)C12CC3CC(CC(C3)C1)C2. The predicted molar refractivity (Wildman–Crippen MR) is 96.5 cm³/mol. The third kappa shape index (κ3) is 2.89. The van der Waals surface area contributed by atoms with Gasteiger partial charge in [0.15, 0.2) is 17.5 Å². The Hall–Kier alpha value is -1.97. The van der Waals surface area contributed by atoms with Crippen molar-refractivity contribution in [3.05, 3.63) is 35.9 Å². The van der Waals surface area contributed by atoms with Crippen molar-refractivity contribution < 1.29 is 19.1 Å². The number of ketones is 2. The van der Waals surface area contributed by atoms with E-state index in [1.807, 2.05) is 6.07 Å². The fraction of sp³-hybridized carbons (Fsp3) is 0.591. The smallest absolute Gasteiger partial charge is 0.324 e. The van der Waals surface area contributed by atoms with Crippen molar-refractivity contribution in [2.24, 2.45) is 29.1 Å². The Morgan fingerprint density at radius 3 is 2.04 bits per heavy atom. The Labute approximate surface area is 154 Å². The zero-order chi connectivity index (χ0) is 18.3. The first-order chi connectivity index (χ1) is 12.5. The van der Waals surface area contributed by atoms with Gasteiger partial charge in [-0.25, -0.2) is 0 Å². The largest absolute Gasteiger partial charge is 0.465 e. The van der Waals surface area contributed by atoms with Crippen molar-refractivity contribution in [3.8, 4) is 0 Å². The summed E-state index contributed by atoms with van der Waals surface area (Å²) in [6.45, 7) is 1.88. The minimum atomic E-state index is -1.31. The van der Waals surface area contributed by atoms with Crippen LogP contribution in [-0.2, 0) is 14.3 Å². The van der Waals surface area contributed by atoms with E-state index in [2.05, 4.69) is 0 Å². The fourth-order valence-corrected chi connectivity index (χ4v) is 6.05. The van der Waals surface area contributed by atoms with Crippen LogP contribution in [0.1, 0.15) is 55.8 Å². The molecule has 5 rings (SSSR count). The Bertz CT molecular complexity index is 686. The minimum Gasteiger partial charge on any atom is -0.465 e. The lowest BCUT2D eigenvalue weighted by atomic mass is 9.47. The van der Waals surface area contributed by atoms with Crippen molar-refractivity contribution in [2.45, 2.75) is 45.4 Å². The molecular weight excluding hydrogens is 328 g/mol. The molecule has 4 nitrogen and oxygen atoms in total. The predicted octanol–water partition coefficient (Wildman–Crippen LogP) is 3.83. The molecule has 4 aliphatic carbocycles. The highest BCUT2D eigenvalue weighted by atomic mass is 16.5. The van der Waals surface area contributed by atoms with E-state index >= 15 is 0 Å². The summed E-state index contributed by atoms with van der Waals surface area (Å²) in [6, 6.07) is 8.66. The maximum Gasteiger partial charge on any atom is 0.324 e. The molecule has 4 fully saturated rings. The van der Waals surface area contributed by atoms with Crippen LogP contribution in [-0.4, -0.2) is 24.1 Å². The van der Waals surface area contributed by atoms with Crippen LogP contribution in [0.25, 0.3) is 0 Å². The summed E-state index contributed by atoms with van der Waals surface area (Å²) in [5.74, 6) is -0.830. The number of esters is 1. The molecule has 4 aliphatic rings. The quantitative estimate of drug-likeness (QED) is 0.442.